The zero-order chi connectivity index (χ0) is 22.6. The molecule has 0 unspecified atom stereocenters. The number of aromatic nitrogens is 2. The molecule has 0 fully saturated rings. The normalized spacial score (nSPS) is 11.8. The molecular weight excluding hydrogens is 474 g/mol. The van der Waals surface area contributed by atoms with E-state index in [1.54, 1.807) is 36.4 Å². The molecule has 0 atom stereocenters. The van der Waals surface area contributed by atoms with Gasteiger partial charge in [0.05, 0.1) is 22.4 Å². The fourth-order valence-corrected chi connectivity index (χ4v) is 4.16. The first-order chi connectivity index (χ1) is 14.7. The average molecular weight is 488 g/mol. The Labute approximate surface area is 189 Å². The van der Waals surface area contributed by atoms with Crippen molar-refractivity contribution in [1.82, 2.24) is 9.78 Å². The summed E-state index contributed by atoms with van der Waals surface area (Å²) in [5.41, 5.74) is -0.679. The summed E-state index contributed by atoms with van der Waals surface area (Å²) >= 11 is 13.1. The number of halogens is 5. The number of carbonyl (C=O) groups excluding carboxylic acids is 1. The third-order valence-corrected chi connectivity index (χ3v) is 5.94. The second kappa shape index (κ2) is 9.76. The molecule has 11 heteroatoms. The van der Waals surface area contributed by atoms with Gasteiger partial charge in [-0.25, -0.2) is 4.79 Å². The van der Waals surface area contributed by atoms with Crippen LogP contribution in [0.5, 0.6) is 0 Å². The van der Waals surface area contributed by atoms with Gasteiger partial charge in [0.15, 0.2) is 5.69 Å². The number of hydrogen-bond acceptors (Lipinski definition) is 5. The molecule has 0 aliphatic rings. The number of nitrogens with zero attached hydrogens (tertiary/aromatic N) is 3. The lowest BCUT2D eigenvalue weighted by atomic mass is 10.2. The van der Waals surface area contributed by atoms with Gasteiger partial charge in [-0.1, -0.05) is 58.7 Å². The SMILES string of the molecule is Cn1nc(C(F)(F)F)c(/C=N/OC(=O)c2ccccc2Cl)c1SCc1ccccc1Cl. The average Bonchev–Trinajstić information content (AvgIpc) is 3.03. The second-order valence-corrected chi connectivity index (χ2v) is 7.94. The number of rotatable bonds is 6. The smallest absolute Gasteiger partial charge is 0.313 e. The highest BCUT2D eigenvalue weighted by atomic mass is 35.5. The largest absolute Gasteiger partial charge is 0.435 e. The van der Waals surface area contributed by atoms with E-state index in [9.17, 15) is 18.0 Å². The molecule has 3 rings (SSSR count). The first-order valence-electron chi connectivity index (χ1n) is 8.68. The minimum Gasteiger partial charge on any atom is -0.313 e. The number of benzene rings is 2. The van der Waals surface area contributed by atoms with E-state index in [4.69, 9.17) is 28.0 Å². The Morgan fingerprint density at radius 2 is 1.81 bits per heavy atom. The third-order valence-electron chi connectivity index (χ3n) is 4.03. The Bertz CT molecular complexity index is 1130. The number of oxime groups is 1. The van der Waals surface area contributed by atoms with Crippen molar-refractivity contribution in [2.75, 3.05) is 0 Å². The van der Waals surface area contributed by atoms with Crippen LogP contribution in [-0.4, -0.2) is 22.0 Å². The lowest BCUT2D eigenvalue weighted by Gasteiger charge is -2.06. The third kappa shape index (κ3) is 5.61. The molecule has 0 radical (unpaired) electrons. The van der Waals surface area contributed by atoms with Crippen LogP contribution in [0.25, 0.3) is 0 Å². The molecule has 0 saturated heterocycles. The van der Waals surface area contributed by atoms with E-state index in [2.05, 4.69) is 10.3 Å². The molecule has 2 aromatic carbocycles. The molecule has 0 spiro atoms. The van der Waals surface area contributed by atoms with E-state index in [-0.39, 0.29) is 21.2 Å². The zero-order valence-corrected chi connectivity index (χ0v) is 18.2. The maximum atomic E-state index is 13.5. The molecule has 31 heavy (non-hydrogen) atoms. The number of carbonyl (C=O) groups is 1. The van der Waals surface area contributed by atoms with Crippen molar-refractivity contribution in [2.45, 2.75) is 17.0 Å². The maximum absolute atomic E-state index is 13.5. The van der Waals surface area contributed by atoms with Gasteiger partial charge in [0, 0.05) is 17.8 Å². The van der Waals surface area contributed by atoms with Crippen LogP contribution in [0, 0.1) is 0 Å². The van der Waals surface area contributed by atoms with Gasteiger partial charge in [0.1, 0.15) is 5.03 Å². The zero-order valence-electron chi connectivity index (χ0n) is 15.9. The molecule has 162 valence electrons. The van der Waals surface area contributed by atoms with Crippen LogP contribution in [0.15, 0.2) is 58.7 Å². The van der Waals surface area contributed by atoms with Crippen LogP contribution in [0.2, 0.25) is 10.0 Å². The summed E-state index contributed by atoms with van der Waals surface area (Å²) in [5.74, 6) is -0.596. The lowest BCUT2D eigenvalue weighted by molar-refractivity contribution is -0.141. The number of thioether (sulfide) groups is 1. The fraction of sp³-hybridized carbons (Fsp3) is 0.150. The first kappa shape index (κ1) is 23.2. The van der Waals surface area contributed by atoms with Gasteiger partial charge in [-0.3, -0.25) is 4.68 Å². The molecule has 0 N–H and O–H groups in total. The molecule has 0 amide bonds. The Balaban J connectivity index is 1.86. The van der Waals surface area contributed by atoms with Gasteiger partial charge >= 0.3 is 12.1 Å². The standard InChI is InChI=1S/C20H14Cl2F3N3O2S/c1-28-18(31-11-12-6-2-4-8-15(12)21)14(17(27-28)20(23,24)25)10-26-30-19(29)13-7-3-5-9-16(13)22/h2-10H,11H2,1H3/b26-10+. The van der Waals surface area contributed by atoms with E-state index in [0.29, 0.717) is 10.8 Å². The van der Waals surface area contributed by atoms with E-state index in [1.807, 2.05) is 0 Å². The Hall–Kier alpha value is -2.49. The molecule has 0 saturated carbocycles. The summed E-state index contributed by atoms with van der Waals surface area (Å²) in [5, 5.41) is 7.84. The van der Waals surface area contributed by atoms with E-state index in [0.717, 1.165) is 28.2 Å². The van der Waals surface area contributed by atoms with Crippen LogP contribution < -0.4 is 0 Å². The predicted molar refractivity (Wildman–Crippen MR) is 114 cm³/mol. The summed E-state index contributed by atoms with van der Waals surface area (Å²) in [6.07, 6.45) is -3.91. The van der Waals surface area contributed by atoms with Crippen LogP contribution in [0.3, 0.4) is 0 Å². The monoisotopic (exact) mass is 487 g/mol. The van der Waals surface area contributed by atoms with Crippen molar-refractivity contribution < 1.29 is 22.8 Å². The highest BCUT2D eigenvalue weighted by Gasteiger charge is 2.38. The van der Waals surface area contributed by atoms with Gasteiger partial charge in [-0.15, -0.1) is 11.8 Å². The van der Waals surface area contributed by atoms with Crippen molar-refractivity contribution in [3.8, 4) is 0 Å². The Morgan fingerprint density at radius 3 is 2.45 bits per heavy atom. The molecule has 5 nitrogen and oxygen atoms in total. The van der Waals surface area contributed by atoms with E-state index in [1.165, 1.54) is 19.2 Å². The predicted octanol–water partition coefficient (Wildman–Crippen LogP) is 6.23. The minimum absolute atomic E-state index is 0.0388. The Kier molecular flexibility index (Phi) is 7.30. The summed E-state index contributed by atoms with van der Waals surface area (Å²) < 4.78 is 41.5. The highest BCUT2D eigenvalue weighted by molar-refractivity contribution is 7.98. The quantitative estimate of drug-likeness (QED) is 0.179. The number of hydrogen-bond donors (Lipinski definition) is 0. The maximum Gasteiger partial charge on any atom is 0.435 e. The lowest BCUT2D eigenvalue weighted by Crippen LogP contribution is -2.09. The van der Waals surface area contributed by atoms with Crippen LogP contribution in [-0.2, 0) is 23.8 Å². The van der Waals surface area contributed by atoms with Crippen LogP contribution >= 0.6 is 35.0 Å². The summed E-state index contributed by atoms with van der Waals surface area (Å²) in [7, 11) is 1.39. The van der Waals surface area contributed by atoms with Crippen LogP contribution in [0.1, 0.15) is 27.2 Å². The fourth-order valence-electron chi connectivity index (χ4n) is 2.59. The molecule has 0 aliphatic carbocycles. The van der Waals surface area contributed by atoms with Gasteiger partial charge in [0.2, 0.25) is 0 Å². The van der Waals surface area contributed by atoms with Crippen molar-refractivity contribution in [1.29, 1.82) is 0 Å². The number of aryl methyl sites for hydroxylation is 1. The molecular formula is C20H14Cl2F3N3O2S. The minimum atomic E-state index is -4.73. The summed E-state index contributed by atoms with van der Waals surface area (Å²) in [6.45, 7) is 0. The van der Waals surface area contributed by atoms with Crippen molar-refractivity contribution in [3.05, 3.63) is 81.0 Å². The molecule has 3 aromatic rings. The first-order valence-corrected chi connectivity index (χ1v) is 10.4. The van der Waals surface area contributed by atoms with Gasteiger partial charge in [0.25, 0.3) is 0 Å². The van der Waals surface area contributed by atoms with E-state index < -0.39 is 17.8 Å². The molecule has 1 heterocycles. The summed E-state index contributed by atoms with van der Waals surface area (Å²) in [4.78, 5) is 16.8. The second-order valence-electron chi connectivity index (χ2n) is 6.16. The van der Waals surface area contributed by atoms with Gasteiger partial charge in [-0.05, 0) is 23.8 Å². The van der Waals surface area contributed by atoms with Gasteiger partial charge in [-0.2, -0.15) is 18.3 Å². The summed E-state index contributed by atoms with van der Waals surface area (Å²) in [6, 6.07) is 13.1. The van der Waals surface area contributed by atoms with E-state index >= 15 is 0 Å². The van der Waals surface area contributed by atoms with Crippen molar-refractivity contribution in [3.63, 3.8) is 0 Å². The topological polar surface area (TPSA) is 56.5 Å². The highest BCUT2D eigenvalue weighted by Crippen LogP contribution is 2.36. The van der Waals surface area contributed by atoms with Crippen LogP contribution in [0.4, 0.5) is 13.2 Å². The van der Waals surface area contributed by atoms with Gasteiger partial charge < -0.3 is 4.84 Å². The molecule has 0 aliphatic heterocycles. The van der Waals surface area contributed by atoms with Crippen molar-refractivity contribution >= 4 is 47.1 Å². The molecule has 1 aromatic heterocycles. The number of alkyl halides is 3. The van der Waals surface area contributed by atoms with Crippen molar-refractivity contribution in [2.24, 2.45) is 12.2 Å². The Morgan fingerprint density at radius 1 is 1.16 bits per heavy atom. The molecule has 0 bridgehead atoms.